The zero-order valence-electron chi connectivity index (χ0n) is 14.1. The van der Waals surface area contributed by atoms with E-state index in [4.69, 9.17) is 4.74 Å². The van der Waals surface area contributed by atoms with Crippen molar-refractivity contribution >= 4 is 23.7 Å². The molecule has 0 aliphatic heterocycles. The Kier molecular flexibility index (Phi) is 7.43. The van der Waals surface area contributed by atoms with Crippen LogP contribution in [0.15, 0.2) is 54.6 Å². The quantitative estimate of drug-likeness (QED) is 0.581. The number of hydrogen-bond donors (Lipinski definition) is 1. The van der Waals surface area contributed by atoms with Crippen molar-refractivity contribution in [2.45, 2.75) is 12.7 Å². The van der Waals surface area contributed by atoms with Gasteiger partial charge < -0.3 is 10.1 Å². The Bertz CT molecular complexity index is 663. The molecule has 3 nitrogen and oxygen atoms in total. The maximum Gasteiger partial charge on any atom is 0.244 e. The third-order valence-electron chi connectivity index (χ3n) is 3.48. The van der Waals surface area contributed by atoms with Crippen LogP contribution in [0.5, 0.6) is 5.75 Å². The van der Waals surface area contributed by atoms with E-state index in [-0.39, 0.29) is 5.91 Å². The maximum atomic E-state index is 11.8. The van der Waals surface area contributed by atoms with Crippen LogP contribution in [-0.4, -0.2) is 25.3 Å². The highest BCUT2D eigenvalue weighted by Gasteiger charge is 1.97. The molecule has 0 aliphatic carbocycles. The zero-order valence-corrected chi connectivity index (χ0v) is 14.9. The molecular weight excluding hydrogens is 318 g/mol. The third kappa shape index (κ3) is 6.50. The van der Waals surface area contributed by atoms with E-state index in [9.17, 15) is 4.79 Å². The fourth-order valence-electron chi connectivity index (χ4n) is 2.07. The Balaban J connectivity index is 1.63. The molecule has 4 heteroatoms. The number of ether oxygens (including phenoxy) is 1. The fourth-order valence-corrected chi connectivity index (χ4v) is 2.89. The molecule has 0 spiro atoms. The molecule has 2 aromatic rings. The topological polar surface area (TPSA) is 38.3 Å². The number of rotatable bonds is 8. The average molecular weight is 341 g/mol. The molecule has 2 rings (SSSR count). The zero-order chi connectivity index (χ0) is 17.2. The number of amides is 1. The summed E-state index contributed by atoms with van der Waals surface area (Å²) in [7, 11) is 1.63. The Morgan fingerprint density at radius 1 is 1.12 bits per heavy atom. The van der Waals surface area contributed by atoms with Crippen molar-refractivity contribution < 1.29 is 9.53 Å². The minimum atomic E-state index is -0.0678. The van der Waals surface area contributed by atoms with Gasteiger partial charge in [0.1, 0.15) is 5.75 Å². The summed E-state index contributed by atoms with van der Waals surface area (Å²) in [4.78, 5) is 11.8. The van der Waals surface area contributed by atoms with Gasteiger partial charge in [0, 0.05) is 24.1 Å². The summed E-state index contributed by atoms with van der Waals surface area (Å²) < 4.78 is 5.10. The Morgan fingerprint density at radius 2 is 1.83 bits per heavy atom. The number of hydrogen-bond acceptors (Lipinski definition) is 3. The lowest BCUT2D eigenvalue weighted by atomic mass is 10.2. The Hall–Kier alpha value is -2.20. The van der Waals surface area contributed by atoms with Gasteiger partial charge in [-0.1, -0.05) is 42.0 Å². The first-order chi connectivity index (χ1) is 11.7. The van der Waals surface area contributed by atoms with Gasteiger partial charge in [0.15, 0.2) is 0 Å². The third-order valence-corrected chi connectivity index (χ3v) is 4.51. The summed E-state index contributed by atoms with van der Waals surface area (Å²) in [6, 6.07) is 16.1. The van der Waals surface area contributed by atoms with E-state index >= 15 is 0 Å². The van der Waals surface area contributed by atoms with Crippen molar-refractivity contribution in [3.63, 3.8) is 0 Å². The number of benzene rings is 2. The molecule has 0 radical (unpaired) electrons. The van der Waals surface area contributed by atoms with Crippen LogP contribution in [-0.2, 0) is 10.5 Å². The van der Waals surface area contributed by atoms with Crippen LogP contribution >= 0.6 is 11.8 Å². The van der Waals surface area contributed by atoms with Crippen LogP contribution in [0.2, 0.25) is 0 Å². The van der Waals surface area contributed by atoms with E-state index in [1.807, 2.05) is 36.0 Å². The summed E-state index contributed by atoms with van der Waals surface area (Å²) in [5, 5.41) is 2.90. The Labute approximate surface area is 148 Å². The first-order valence-corrected chi connectivity index (χ1v) is 9.06. The molecule has 0 saturated carbocycles. The van der Waals surface area contributed by atoms with Crippen molar-refractivity contribution in [1.29, 1.82) is 0 Å². The highest BCUT2D eigenvalue weighted by molar-refractivity contribution is 7.98. The van der Waals surface area contributed by atoms with Crippen LogP contribution in [0.25, 0.3) is 6.08 Å². The van der Waals surface area contributed by atoms with E-state index in [1.54, 1.807) is 19.3 Å². The molecule has 0 saturated heterocycles. The molecule has 24 heavy (non-hydrogen) atoms. The van der Waals surface area contributed by atoms with E-state index < -0.39 is 0 Å². The van der Waals surface area contributed by atoms with Gasteiger partial charge in [0.25, 0.3) is 0 Å². The summed E-state index contributed by atoms with van der Waals surface area (Å²) in [5.74, 6) is 2.61. The standard InChI is InChI=1S/C20H23NO2S/c1-16-3-5-18(6-4-16)15-24-14-13-21-20(22)12-9-17-7-10-19(23-2)11-8-17/h3-12H,13-15H2,1-2H3,(H,21,22)/b12-9+. The van der Waals surface area contributed by atoms with Gasteiger partial charge in [-0.05, 0) is 36.3 Å². The van der Waals surface area contributed by atoms with Gasteiger partial charge in [-0.15, -0.1) is 0 Å². The monoisotopic (exact) mass is 341 g/mol. The van der Waals surface area contributed by atoms with Gasteiger partial charge in [0.2, 0.25) is 5.91 Å². The number of carbonyl (C=O) groups excluding carboxylic acids is 1. The molecule has 2 aromatic carbocycles. The number of methoxy groups -OCH3 is 1. The van der Waals surface area contributed by atoms with Crippen LogP contribution in [0.1, 0.15) is 16.7 Å². The molecule has 1 amide bonds. The molecule has 1 N–H and O–H groups in total. The van der Waals surface area contributed by atoms with Crippen molar-refractivity contribution in [2.24, 2.45) is 0 Å². The molecular formula is C20H23NO2S. The highest BCUT2D eigenvalue weighted by atomic mass is 32.2. The maximum absolute atomic E-state index is 11.8. The lowest BCUT2D eigenvalue weighted by Gasteiger charge is -2.04. The first-order valence-electron chi connectivity index (χ1n) is 7.90. The van der Waals surface area contributed by atoms with E-state index in [0.29, 0.717) is 6.54 Å². The van der Waals surface area contributed by atoms with Gasteiger partial charge in [0.05, 0.1) is 7.11 Å². The van der Waals surface area contributed by atoms with E-state index in [1.165, 1.54) is 11.1 Å². The summed E-state index contributed by atoms with van der Waals surface area (Å²) in [6.07, 6.45) is 3.36. The van der Waals surface area contributed by atoms with Crippen LogP contribution in [0, 0.1) is 6.92 Å². The summed E-state index contributed by atoms with van der Waals surface area (Å²) >= 11 is 1.82. The number of thioether (sulfide) groups is 1. The van der Waals surface area contributed by atoms with E-state index in [0.717, 1.165) is 22.8 Å². The molecule has 0 atom stereocenters. The van der Waals surface area contributed by atoms with Crippen molar-refractivity contribution in [3.8, 4) is 5.75 Å². The molecule has 0 aliphatic rings. The number of carbonyl (C=O) groups is 1. The van der Waals surface area contributed by atoms with Gasteiger partial charge in [-0.2, -0.15) is 11.8 Å². The minimum absolute atomic E-state index is 0.0678. The summed E-state index contributed by atoms with van der Waals surface area (Å²) in [6.45, 7) is 2.76. The lowest BCUT2D eigenvalue weighted by Crippen LogP contribution is -2.23. The minimum Gasteiger partial charge on any atom is -0.497 e. The van der Waals surface area contributed by atoms with Crippen LogP contribution < -0.4 is 10.1 Å². The smallest absolute Gasteiger partial charge is 0.244 e. The predicted octanol–water partition coefficient (Wildman–Crippen LogP) is 4.07. The second-order valence-electron chi connectivity index (χ2n) is 5.44. The van der Waals surface area contributed by atoms with Crippen molar-refractivity contribution in [1.82, 2.24) is 5.32 Å². The molecule has 126 valence electrons. The first kappa shape index (κ1) is 18.1. The second kappa shape index (κ2) is 9.83. The van der Waals surface area contributed by atoms with Gasteiger partial charge in [-0.25, -0.2) is 0 Å². The molecule has 0 aromatic heterocycles. The molecule has 0 unspecified atom stereocenters. The van der Waals surface area contributed by atoms with Gasteiger partial charge in [-0.3, -0.25) is 4.79 Å². The van der Waals surface area contributed by atoms with E-state index in [2.05, 4.69) is 36.5 Å². The van der Waals surface area contributed by atoms with Crippen LogP contribution in [0.4, 0.5) is 0 Å². The SMILES string of the molecule is COc1ccc(/C=C/C(=O)NCCSCc2ccc(C)cc2)cc1. The van der Waals surface area contributed by atoms with Crippen molar-refractivity contribution in [2.75, 3.05) is 19.4 Å². The number of aryl methyl sites for hydroxylation is 1. The van der Waals surface area contributed by atoms with Crippen molar-refractivity contribution in [3.05, 3.63) is 71.3 Å². The fraction of sp³-hybridized carbons (Fsp3) is 0.250. The predicted molar refractivity (Wildman–Crippen MR) is 102 cm³/mol. The normalized spacial score (nSPS) is 10.8. The van der Waals surface area contributed by atoms with Gasteiger partial charge >= 0.3 is 0 Å². The lowest BCUT2D eigenvalue weighted by molar-refractivity contribution is -0.116. The second-order valence-corrected chi connectivity index (χ2v) is 6.54. The molecule has 0 bridgehead atoms. The largest absolute Gasteiger partial charge is 0.497 e. The highest BCUT2D eigenvalue weighted by Crippen LogP contribution is 2.13. The molecule has 0 heterocycles. The Morgan fingerprint density at radius 3 is 2.50 bits per heavy atom. The van der Waals surface area contributed by atoms with Crippen LogP contribution in [0.3, 0.4) is 0 Å². The number of nitrogens with one attached hydrogen (secondary N) is 1. The average Bonchev–Trinajstić information content (AvgIpc) is 2.61. The summed E-state index contributed by atoms with van der Waals surface area (Å²) in [5.41, 5.74) is 3.57. The molecule has 0 fully saturated rings.